The number of anilines is 2. The molecule has 2 fully saturated rings. The highest BCUT2D eigenvalue weighted by atomic mass is 16.5. The minimum Gasteiger partial charge on any atom is -0.382 e. The normalized spacial score (nSPS) is 24.6. The maximum Gasteiger partial charge on any atom is 0.0514 e. The van der Waals surface area contributed by atoms with E-state index in [2.05, 4.69) is 41.4 Å². The summed E-state index contributed by atoms with van der Waals surface area (Å²) in [4.78, 5) is 2.50. The van der Waals surface area contributed by atoms with Crippen molar-refractivity contribution in [3.05, 3.63) is 24.3 Å². The molecule has 0 aromatic heterocycles. The van der Waals surface area contributed by atoms with Crippen LogP contribution in [0.15, 0.2) is 24.3 Å². The van der Waals surface area contributed by atoms with Crippen LogP contribution in [0, 0.1) is 5.92 Å². The van der Waals surface area contributed by atoms with Gasteiger partial charge in [0.05, 0.1) is 6.61 Å². The minimum atomic E-state index is 0.485. The third-order valence-electron chi connectivity index (χ3n) is 4.65. The Kier molecular flexibility index (Phi) is 4.46. The lowest BCUT2D eigenvalue weighted by Gasteiger charge is -2.29. The molecule has 0 amide bonds. The van der Waals surface area contributed by atoms with E-state index < -0.39 is 0 Å². The number of benzene rings is 1. The number of rotatable bonds is 4. The zero-order valence-corrected chi connectivity index (χ0v) is 12.5. The number of nitrogens with zero attached hydrogens (tertiary/aromatic N) is 1. The number of hydrogen-bond donors (Lipinski definition) is 1. The number of ether oxygens (including phenoxy) is 1. The van der Waals surface area contributed by atoms with E-state index in [9.17, 15) is 0 Å². The molecule has 3 heteroatoms. The van der Waals surface area contributed by atoms with Crippen molar-refractivity contribution in [2.75, 3.05) is 36.5 Å². The van der Waals surface area contributed by atoms with E-state index in [4.69, 9.17) is 4.74 Å². The standard InChI is InChI=1S/C17H26N2O/c1-14(15-9-12-20-13-15)18-16-5-7-17(8-6-16)19-10-3-2-4-11-19/h5-8,14-15,18H,2-4,9-13H2,1H3. The first kappa shape index (κ1) is 13.7. The number of hydrogen-bond acceptors (Lipinski definition) is 3. The second-order valence-corrected chi connectivity index (χ2v) is 6.15. The Bertz CT molecular complexity index is 406. The first-order valence-corrected chi connectivity index (χ1v) is 8.02. The van der Waals surface area contributed by atoms with Crippen LogP contribution >= 0.6 is 0 Å². The number of piperidine rings is 1. The molecule has 1 aromatic carbocycles. The summed E-state index contributed by atoms with van der Waals surface area (Å²) in [5, 5.41) is 3.62. The van der Waals surface area contributed by atoms with Crippen molar-refractivity contribution >= 4 is 11.4 Å². The molecule has 1 N–H and O–H groups in total. The monoisotopic (exact) mass is 274 g/mol. The molecule has 2 atom stereocenters. The van der Waals surface area contributed by atoms with E-state index in [0.29, 0.717) is 12.0 Å². The van der Waals surface area contributed by atoms with Gasteiger partial charge in [-0.2, -0.15) is 0 Å². The molecule has 2 aliphatic heterocycles. The highest BCUT2D eigenvalue weighted by molar-refractivity contribution is 5.55. The van der Waals surface area contributed by atoms with Crippen LogP contribution in [0.25, 0.3) is 0 Å². The van der Waals surface area contributed by atoms with Gasteiger partial charge in [0.1, 0.15) is 0 Å². The Labute approximate surface area is 122 Å². The summed E-state index contributed by atoms with van der Waals surface area (Å²) in [5.41, 5.74) is 2.59. The van der Waals surface area contributed by atoms with Crippen LogP contribution in [-0.4, -0.2) is 32.3 Å². The summed E-state index contributed by atoms with van der Waals surface area (Å²) < 4.78 is 5.47. The quantitative estimate of drug-likeness (QED) is 0.909. The van der Waals surface area contributed by atoms with Crippen molar-refractivity contribution in [1.82, 2.24) is 0 Å². The Morgan fingerprint density at radius 1 is 1.15 bits per heavy atom. The lowest BCUT2D eigenvalue weighted by molar-refractivity contribution is 0.183. The van der Waals surface area contributed by atoms with Gasteiger partial charge in [0.2, 0.25) is 0 Å². The zero-order valence-electron chi connectivity index (χ0n) is 12.5. The number of nitrogens with one attached hydrogen (secondary N) is 1. The van der Waals surface area contributed by atoms with E-state index in [1.165, 1.54) is 50.1 Å². The van der Waals surface area contributed by atoms with E-state index in [1.54, 1.807) is 0 Å². The van der Waals surface area contributed by atoms with Crippen LogP contribution in [-0.2, 0) is 4.74 Å². The predicted octanol–water partition coefficient (Wildman–Crippen LogP) is 3.51. The lowest BCUT2D eigenvalue weighted by atomic mass is 10.0. The minimum absolute atomic E-state index is 0.485. The Morgan fingerprint density at radius 2 is 1.90 bits per heavy atom. The van der Waals surface area contributed by atoms with E-state index in [-0.39, 0.29) is 0 Å². The average Bonchev–Trinajstić information content (AvgIpc) is 3.03. The Morgan fingerprint density at radius 3 is 2.55 bits per heavy atom. The van der Waals surface area contributed by atoms with Crippen molar-refractivity contribution in [3.63, 3.8) is 0 Å². The predicted molar refractivity (Wildman–Crippen MR) is 84.5 cm³/mol. The molecule has 0 radical (unpaired) electrons. The summed E-state index contributed by atoms with van der Waals surface area (Å²) in [6.07, 6.45) is 5.23. The van der Waals surface area contributed by atoms with Crippen LogP contribution in [0.3, 0.4) is 0 Å². The van der Waals surface area contributed by atoms with Crippen LogP contribution in [0.1, 0.15) is 32.6 Å². The second kappa shape index (κ2) is 6.49. The fraction of sp³-hybridized carbons (Fsp3) is 0.647. The smallest absolute Gasteiger partial charge is 0.0514 e. The molecule has 2 aliphatic rings. The molecule has 3 nitrogen and oxygen atoms in total. The van der Waals surface area contributed by atoms with Gasteiger partial charge in [-0.05, 0) is 56.9 Å². The molecule has 2 heterocycles. The molecule has 0 spiro atoms. The van der Waals surface area contributed by atoms with Gasteiger partial charge in [0.15, 0.2) is 0 Å². The van der Waals surface area contributed by atoms with Gasteiger partial charge in [0, 0.05) is 43.0 Å². The van der Waals surface area contributed by atoms with Gasteiger partial charge in [-0.25, -0.2) is 0 Å². The summed E-state index contributed by atoms with van der Waals surface area (Å²) >= 11 is 0. The Balaban J connectivity index is 1.57. The zero-order chi connectivity index (χ0) is 13.8. The molecular weight excluding hydrogens is 248 g/mol. The van der Waals surface area contributed by atoms with Gasteiger partial charge in [-0.15, -0.1) is 0 Å². The van der Waals surface area contributed by atoms with Crippen LogP contribution in [0.4, 0.5) is 11.4 Å². The molecular formula is C17H26N2O. The van der Waals surface area contributed by atoms with Gasteiger partial charge in [0.25, 0.3) is 0 Å². The molecule has 0 bridgehead atoms. The van der Waals surface area contributed by atoms with Crippen molar-refractivity contribution in [2.45, 2.75) is 38.6 Å². The summed E-state index contributed by atoms with van der Waals surface area (Å²) in [6.45, 7) is 6.51. The molecule has 2 unspecified atom stereocenters. The average molecular weight is 274 g/mol. The van der Waals surface area contributed by atoms with Crippen molar-refractivity contribution in [3.8, 4) is 0 Å². The Hall–Kier alpha value is -1.22. The van der Waals surface area contributed by atoms with E-state index >= 15 is 0 Å². The molecule has 0 saturated carbocycles. The summed E-state index contributed by atoms with van der Waals surface area (Å²) in [5.74, 6) is 0.650. The van der Waals surface area contributed by atoms with Crippen LogP contribution < -0.4 is 10.2 Å². The van der Waals surface area contributed by atoms with Gasteiger partial charge >= 0.3 is 0 Å². The van der Waals surface area contributed by atoms with Crippen molar-refractivity contribution in [2.24, 2.45) is 5.92 Å². The lowest BCUT2D eigenvalue weighted by Crippen LogP contribution is -2.29. The largest absolute Gasteiger partial charge is 0.382 e. The fourth-order valence-electron chi connectivity index (χ4n) is 3.25. The first-order chi connectivity index (χ1) is 9.83. The third kappa shape index (κ3) is 3.26. The maximum absolute atomic E-state index is 5.47. The fourth-order valence-corrected chi connectivity index (χ4v) is 3.25. The topological polar surface area (TPSA) is 24.5 Å². The summed E-state index contributed by atoms with van der Waals surface area (Å²) in [7, 11) is 0. The van der Waals surface area contributed by atoms with E-state index in [0.717, 1.165) is 13.2 Å². The highest BCUT2D eigenvalue weighted by Gasteiger charge is 2.22. The van der Waals surface area contributed by atoms with Crippen LogP contribution in [0.5, 0.6) is 0 Å². The molecule has 2 saturated heterocycles. The second-order valence-electron chi connectivity index (χ2n) is 6.15. The summed E-state index contributed by atoms with van der Waals surface area (Å²) in [6, 6.07) is 9.43. The van der Waals surface area contributed by atoms with Gasteiger partial charge in [-0.1, -0.05) is 0 Å². The molecule has 110 valence electrons. The van der Waals surface area contributed by atoms with Crippen LogP contribution in [0.2, 0.25) is 0 Å². The molecule has 20 heavy (non-hydrogen) atoms. The molecule has 0 aliphatic carbocycles. The van der Waals surface area contributed by atoms with Crippen molar-refractivity contribution in [1.29, 1.82) is 0 Å². The SMILES string of the molecule is CC(Nc1ccc(N2CCCCC2)cc1)C1CCOC1. The first-order valence-electron chi connectivity index (χ1n) is 8.02. The van der Waals surface area contributed by atoms with Crippen molar-refractivity contribution < 1.29 is 4.74 Å². The molecule has 3 rings (SSSR count). The highest BCUT2D eigenvalue weighted by Crippen LogP contribution is 2.24. The maximum atomic E-state index is 5.47. The third-order valence-corrected chi connectivity index (χ3v) is 4.65. The van der Waals surface area contributed by atoms with Gasteiger partial charge < -0.3 is 15.0 Å². The van der Waals surface area contributed by atoms with Gasteiger partial charge in [-0.3, -0.25) is 0 Å². The van der Waals surface area contributed by atoms with E-state index in [1.807, 2.05) is 0 Å². The molecule has 1 aromatic rings.